The van der Waals surface area contributed by atoms with E-state index in [1.54, 1.807) is 37.3 Å². The number of ether oxygens (including phenoxy) is 1. The van der Waals surface area contributed by atoms with Crippen LogP contribution in [0, 0.1) is 12.7 Å². The summed E-state index contributed by atoms with van der Waals surface area (Å²) >= 11 is 0. The van der Waals surface area contributed by atoms with Crippen molar-refractivity contribution in [3.05, 3.63) is 82.7 Å². The summed E-state index contributed by atoms with van der Waals surface area (Å²) in [7, 11) is 0. The van der Waals surface area contributed by atoms with Crippen LogP contribution in [-0.2, 0) is 17.9 Å². The molecule has 0 saturated carbocycles. The number of hydrogen-bond acceptors (Lipinski definition) is 7. The number of nitrogens with two attached hydrogens (primary N) is 1. The van der Waals surface area contributed by atoms with Crippen molar-refractivity contribution in [3.63, 3.8) is 0 Å². The average molecular weight is 506 g/mol. The molecule has 2 aromatic heterocycles. The van der Waals surface area contributed by atoms with Gasteiger partial charge < -0.3 is 31.2 Å². The number of anilines is 1. The van der Waals surface area contributed by atoms with Gasteiger partial charge in [0.15, 0.2) is 12.3 Å². The van der Waals surface area contributed by atoms with Gasteiger partial charge in [-0.15, -0.1) is 0 Å². The fourth-order valence-corrected chi connectivity index (χ4v) is 3.61. The number of carbonyl (C=O) groups excluding carboxylic acids is 2. The van der Waals surface area contributed by atoms with Gasteiger partial charge in [-0.3, -0.25) is 9.59 Å². The molecule has 6 N–H and O–H groups in total. The van der Waals surface area contributed by atoms with E-state index in [1.807, 2.05) is 0 Å². The van der Waals surface area contributed by atoms with E-state index in [2.05, 4.69) is 25.6 Å². The Balaban J connectivity index is 0.000000270. The number of nitrogens with one attached hydrogen (secondary N) is 3. The molecule has 11 nitrogen and oxygen atoms in total. The van der Waals surface area contributed by atoms with Gasteiger partial charge in [-0.1, -0.05) is 18.2 Å². The minimum absolute atomic E-state index is 0.0265. The molecule has 1 aliphatic heterocycles. The molecule has 2 amide bonds. The van der Waals surface area contributed by atoms with E-state index < -0.39 is 11.9 Å². The number of hydrogen-bond donors (Lipinski definition) is 5. The minimum Gasteiger partial charge on any atom is -0.482 e. The first-order valence-electron chi connectivity index (χ1n) is 11.1. The number of aromatic nitrogens is 3. The Morgan fingerprint density at radius 3 is 2.70 bits per heavy atom. The van der Waals surface area contributed by atoms with Crippen molar-refractivity contribution in [2.45, 2.75) is 20.0 Å². The van der Waals surface area contributed by atoms with Crippen LogP contribution in [0.4, 0.5) is 10.1 Å². The van der Waals surface area contributed by atoms with Crippen molar-refractivity contribution in [2.24, 2.45) is 5.73 Å². The average Bonchev–Trinajstić information content (AvgIpc) is 3.34. The summed E-state index contributed by atoms with van der Waals surface area (Å²) in [5.74, 6) is -1.48. The van der Waals surface area contributed by atoms with Crippen LogP contribution in [0.15, 0.2) is 48.9 Å². The van der Waals surface area contributed by atoms with Gasteiger partial charge in [-0.25, -0.2) is 19.2 Å². The number of nitrogens with zero attached hydrogens (tertiary/aromatic N) is 2. The Bertz CT molecular complexity index is 1500. The van der Waals surface area contributed by atoms with Crippen LogP contribution < -0.4 is 21.1 Å². The summed E-state index contributed by atoms with van der Waals surface area (Å²) in [4.78, 5) is 45.7. The lowest BCUT2D eigenvalue weighted by Gasteiger charge is -2.18. The molecular weight excluding hydrogens is 483 g/mol. The van der Waals surface area contributed by atoms with Crippen LogP contribution in [0.2, 0.25) is 0 Å². The zero-order valence-corrected chi connectivity index (χ0v) is 19.7. The van der Waals surface area contributed by atoms with E-state index in [-0.39, 0.29) is 47.2 Å². The van der Waals surface area contributed by atoms with Crippen LogP contribution in [0.5, 0.6) is 5.75 Å². The number of carboxylic acids is 1. The number of halogens is 1. The maximum absolute atomic E-state index is 12.6. The summed E-state index contributed by atoms with van der Waals surface area (Å²) < 4.78 is 17.9. The second kappa shape index (κ2) is 10.8. The van der Waals surface area contributed by atoms with Gasteiger partial charge in [0.05, 0.1) is 11.2 Å². The smallest absolute Gasteiger partial charge is 0.339 e. The maximum Gasteiger partial charge on any atom is 0.339 e. The fourth-order valence-electron chi connectivity index (χ4n) is 3.61. The molecule has 3 heterocycles. The van der Waals surface area contributed by atoms with Gasteiger partial charge in [-0.2, -0.15) is 0 Å². The normalized spacial score (nSPS) is 12.0. The van der Waals surface area contributed by atoms with E-state index in [9.17, 15) is 18.8 Å². The molecule has 0 saturated heterocycles. The summed E-state index contributed by atoms with van der Waals surface area (Å²) in [5, 5.41) is 14.6. The predicted octanol–water partition coefficient (Wildman–Crippen LogP) is 2.51. The quantitative estimate of drug-likeness (QED) is 0.275. The van der Waals surface area contributed by atoms with Gasteiger partial charge in [0.1, 0.15) is 29.0 Å². The zero-order valence-electron chi connectivity index (χ0n) is 19.7. The molecule has 0 bridgehead atoms. The lowest BCUT2D eigenvalue weighted by atomic mass is 10.1. The highest BCUT2D eigenvalue weighted by molar-refractivity contribution is 6.08. The third-order valence-electron chi connectivity index (χ3n) is 5.50. The van der Waals surface area contributed by atoms with Crippen molar-refractivity contribution < 1.29 is 28.6 Å². The Hall–Kier alpha value is -4.84. The molecule has 0 atom stereocenters. The molecule has 0 unspecified atom stereocenters. The highest BCUT2D eigenvalue weighted by Gasteiger charge is 2.20. The van der Waals surface area contributed by atoms with Crippen molar-refractivity contribution in [1.82, 2.24) is 20.3 Å². The van der Waals surface area contributed by atoms with Crippen LogP contribution in [0.3, 0.4) is 0 Å². The highest BCUT2D eigenvalue weighted by atomic mass is 19.1. The van der Waals surface area contributed by atoms with E-state index in [1.165, 1.54) is 12.3 Å². The highest BCUT2D eigenvalue weighted by Crippen LogP contribution is 2.28. The number of H-pyrrole nitrogens is 1. The van der Waals surface area contributed by atoms with Gasteiger partial charge in [0.25, 0.3) is 11.8 Å². The number of rotatable bonds is 5. The minimum atomic E-state index is -1.15. The maximum atomic E-state index is 12.6. The SMILES string of the molecule is Cc1cc(CN)ccc1F.O=C1COc2ccc(CNC(=O)c3ncnc4c(C(=O)O)c[nH]c34)cc2N1. The molecule has 0 aliphatic carbocycles. The van der Waals surface area contributed by atoms with E-state index in [4.69, 9.17) is 15.6 Å². The molecule has 0 spiro atoms. The summed E-state index contributed by atoms with van der Waals surface area (Å²) in [6, 6.07) is 10.1. The number of aromatic carboxylic acids is 1. The van der Waals surface area contributed by atoms with Crippen molar-refractivity contribution >= 4 is 34.5 Å². The third kappa shape index (κ3) is 5.70. The van der Waals surface area contributed by atoms with Crippen molar-refractivity contribution in [2.75, 3.05) is 11.9 Å². The monoisotopic (exact) mass is 506 g/mol. The lowest BCUT2D eigenvalue weighted by molar-refractivity contribution is -0.118. The Morgan fingerprint density at radius 1 is 1.19 bits per heavy atom. The van der Waals surface area contributed by atoms with Crippen LogP contribution in [0.25, 0.3) is 11.0 Å². The Morgan fingerprint density at radius 2 is 1.97 bits per heavy atom. The van der Waals surface area contributed by atoms with E-state index >= 15 is 0 Å². The van der Waals surface area contributed by atoms with Gasteiger partial charge in [0.2, 0.25) is 0 Å². The van der Waals surface area contributed by atoms with Gasteiger partial charge in [0, 0.05) is 19.3 Å². The lowest BCUT2D eigenvalue weighted by Crippen LogP contribution is -2.26. The third-order valence-corrected chi connectivity index (χ3v) is 5.50. The molecule has 1 aliphatic rings. The van der Waals surface area contributed by atoms with Gasteiger partial charge >= 0.3 is 5.97 Å². The second-order valence-corrected chi connectivity index (χ2v) is 8.09. The molecule has 37 heavy (non-hydrogen) atoms. The predicted molar refractivity (Wildman–Crippen MR) is 132 cm³/mol. The Kier molecular flexibility index (Phi) is 7.39. The molecule has 0 fully saturated rings. The first-order chi connectivity index (χ1) is 17.8. The molecule has 190 valence electrons. The molecule has 5 rings (SSSR count). The number of carboxylic acid groups (broad SMARTS) is 1. The number of aromatic amines is 1. The molecule has 4 aromatic rings. The standard InChI is InChI=1S/C17H13N5O5.C8H10FN/c23-12-6-27-11-2-1-8(3-10(11)22-12)4-19-16(24)15-14-13(20-7-21-15)9(5-18-14)17(25)26;1-6-4-7(5-10)2-3-8(6)9/h1-3,5,7,18H,4,6H2,(H,19,24)(H,22,23)(H,25,26);2-4H,5,10H2,1H3. The second-order valence-electron chi connectivity index (χ2n) is 8.09. The molecular formula is C25H23FN6O5. The van der Waals surface area contributed by atoms with Crippen molar-refractivity contribution in [1.29, 1.82) is 0 Å². The number of fused-ring (bicyclic) bond motifs is 2. The summed E-state index contributed by atoms with van der Waals surface area (Å²) in [5.41, 5.74) is 8.68. The summed E-state index contributed by atoms with van der Waals surface area (Å²) in [6.45, 7) is 2.36. The molecule has 12 heteroatoms. The number of aryl methyl sites for hydroxylation is 1. The first-order valence-corrected chi connectivity index (χ1v) is 11.1. The van der Waals surface area contributed by atoms with Crippen LogP contribution in [0.1, 0.15) is 37.5 Å². The topological polar surface area (TPSA) is 172 Å². The zero-order chi connectivity index (χ0) is 26.5. The first kappa shape index (κ1) is 25.3. The molecule has 0 radical (unpaired) electrons. The number of carbonyl (C=O) groups is 3. The summed E-state index contributed by atoms with van der Waals surface area (Å²) in [6.07, 6.45) is 2.41. The van der Waals surface area contributed by atoms with E-state index in [0.717, 1.165) is 17.5 Å². The fraction of sp³-hybridized carbons (Fsp3) is 0.160. The number of benzene rings is 2. The number of amides is 2. The molecule has 2 aromatic carbocycles. The van der Waals surface area contributed by atoms with Gasteiger partial charge in [-0.05, 0) is 41.8 Å². The Labute approximate surface area is 209 Å². The van der Waals surface area contributed by atoms with Crippen molar-refractivity contribution in [3.8, 4) is 5.75 Å². The van der Waals surface area contributed by atoms with Crippen LogP contribution >= 0.6 is 0 Å². The van der Waals surface area contributed by atoms with E-state index in [0.29, 0.717) is 23.5 Å². The van der Waals surface area contributed by atoms with Crippen LogP contribution in [-0.4, -0.2) is 44.4 Å². The largest absolute Gasteiger partial charge is 0.482 e.